The topological polar surface area (TPSA) is 137 Å². The normalized spacial score (nSPS) is 18.3. The first-order chi connectivity index (χ1) is 21.8. The minimum Gasteiger partial charge on any atom is -0.488 e. The average molecular weight is 632 g/mol. The van der Waals surface area contributed by atoms with Gasteiger partial charge in [-0.3, -0.25) is 9.89 Å². The molecular weight excluding hydrogens is 594 g/mol. The van der Waals surface area contributed by atoms with Crippen molar-refractivity contribution in [2.75, 3.05) is 18.5 Å². The Bertz CT molecular complexity index is 1630. The first-order valence-corrected chi connectivity index (χ1v) is 16.0. The Hall–Kier alpha value is -4.26. The number of nitrogens with zero attached hydrogens (tertiary/aromatic N) is 2. The quantitative estimate of drug-likeness (QED) is 0.181. The van der Waals surface area contributed by atoms with Crippen molar-refractivity contribution in [2.45, 2.75) is 71.0 Å². The number of amides is 2. The molecule has 3 heterocycles. The Labute approximate surface area is 265 Å². The molecule has 6 rings (SSSR count). The van der Waals surface area contributed by atoms with E-state index in [1.165, 1.54) is 11.3 Å². The number of carbonyl (C=O) groups is 2. The van der Waals surface area contributed by atoms with Gasteiger partial charge in [0.25, 0.3) is 5.91 Å². The average Bonchev–Trinajstić information content (AvgIpc) is 3.84. The van der Waals surface area contributed by atoms with Crippen LogP contribution in [-0.2, 0) is 20.8 Å². The van der Waals surface area contributed by atoms with E-state index >= 15 is 0 Å². The van der Waals surface area contributed by atoms with E-state index < -0.39 is 12.4 Å². The molecule has 11 nitrogen and oxygen atoms in total. The van der Waals surface area contributed by atoms with Gasteiger partial charge < -0.3 is 29.6 Å². The molecule has 1 saturated carbocycles. The van der Waals surface area contributed by atoms with Gasteiger partial charge in [-0.15, -0.1) is 11.3 Å². The van der Waals surface area contributed by atoms with Crippen molar-refractivity contribution in [1.29, 1.82) is 0 Å². The number of rotatable bonds is 10. The number of carbonyl (C=O) groups excluding carboxylic acids is 2. The van der Waals surface area contributed by atoms with Crippen LogP contribution in [0.5, 0.6) is 5.75 Å². The molecule has 2 atom stereocenters. The van der Waals surface area contributed by atoms with E-state index in [0.29, 0.717) is 48.5 Å². The Morgan fingerprint density at radius 3 is 2.67 bits per heavy atom. The van der Waals surface area contributed by atoms with Crippen LogP contribution in [0.25, 0.3) is 10.6 Å². The molecule has 1 saturated heterocycles. The highest BCUT2D eigenvalue weighted by Gasteiger charge is 2.31. The lowest BCUT2D eigenvalue weighted by atomic mass is 10.0. The number of thiazole rings is 1. The number of aromatic amines is 1. The van der Waals surface area contributed by atoms with Gasteiger partial charge in [0.1, 0.15) is 29.2 Å². The molecule has 2 amide bonds. The zero-order valence-corrected chi connectivity index (χ0v) is 26.3. The van der Waals surface area contributed by atoms with Gasteiger partial charge in [0.2, 0.25) is 0 Å². The number of anilines is 1. The monoisotopic (exact) mass is 631 g/mol. The van der Waals surface area contributed by atoms with Gasteiger partial charge in [-0.25, -0.2) is 9.78 Å². The van der Waals surface area contributed by atoms with Crippen molar-refractivity contribution >= 4 is 29.2 Å². The summed E-state index contributed by atoms with van der Waals surface area (Å²) in [5.41, 5.74) is 3.80. The SMILES string of the molecule is Cc1sc(-c2cccc(OCc3ccccc3)c2C2OCCO2)nc1C(=O)Nc1cc(C2CCC(OC(=O)NC(C)C)C2)[nH]n1. The zero-order valence-electron chi connectivity index (χ0n) is 25.5. The van der Waals surface area contributed by atoms with E-state index in [1.54, 1.807) is 0 Å². The van der Waals surface area contributed by atoms with Gasteiger partial charge in [-0.1, -0.05) is 42.5 Å². The summed E-state index contributed by atoms with van der Waals surface area (Å²) in [4.78, 5) is 30.9. The number of hydrogen-bond acceptors (Lipinski definition) is 9. The molecule has 0 radical (unpaired) electrons. The van der Waals surface area contributed by atoms with E-state index in [2.05, 4.69) is 20.8 Å². The number of nitrogens with one attached hydrogen (secondary N) is 3. The van der Waals surface area contributed by atoms with Crippen LogP contribution in [0.15, 0.2) is 54.6 Å². The minimum atomic E-state index is -0.596. The van der Waals surface area contributed by atoms with Crippen LogP contribution in [0, 0.1) is 6.92 Å². The van der Waals surface area contributed by atoms with Gasteiger partial charge in [0.15, 0.2) is 12.1 Å². The predicted octanol–water partition coefficient (Wildman–Crippen LogP) is 6.49. The summed E-state index contributed by atoms with van der Waals surface area (Å²) in [7, 11) is 0. The number of aryl methyl sites for hydroxylation is 1. The number of benzene rings is 2. The smallest absolute Gasteiger partial charge is 0.407 e. The maximum Gasteiger partial charge on any atom is 0.407 e. The van der Waals surface area contributed by atoms with Gasteiger partial charge in [0.05, 0.1) is 18.8 Å². The first-order valence-electron chi connectivity index (χ1n) is 15.2. The standard InChI is InChI=1S/C33H37N5O6S/c1-19(2)34-33(40)44-23-13-12-22(16-23)25-17-27(38-37-25)35-30(39)29-20(3)45-31(36-29)24-10-7-11-26(28(24)32-41-14-15-42-32)43-18-21-8-5-4-6-9-21/h4-11,17,19,22-23,32H,12-16,18H2,1-3H3,(H,34,40)(H2,35,37,38,39). The van der Waals surface area contributed by atoms with E-state index in [0.717, 1.165) is 40.1 Å². The predicted molar refractivity (Wildman–Crippen MR) is 169 cm³/mol. The maximum atomic E-state index is 13.4. The van der Waals surface area contributed by atoms with Crippen LogP contribution in [0.1, 0.15) is 77.5 Å². The lowest BCUT2D eigenvalue weighted by Crippen LogP contribution is -2.33. The third-order valence-electron chi connectivity index (χ3n) is 7.75. The van der Waals surface area contributed by atoms with E-state index in [-0.39, 0.29) is 24.0 Å². The second-order valence-electron chi connectivity index (χ2n) is 11.5. The van der Waals surface area contributed by atoms with Gasteiger partial charge in [0, 0.05) is 34.2 Å². The maximum absolute atomic E-state index is 13.4. The Morgan fingerprint density at radius 1 is 1.09 bits per heavy atom. The third-order valence-corrected chi connectivity index (χ3v) is 8.75. The zero-order chi connectivity index (χ0) is 31.3. The molecular formula is C33H37N5O6S. The summed E-state index contributed by atoms with van der Waals surface area (Å²) in [6.07, 6.45) is 1.18. The molecule has 236 valence electrons. The van der Waals surface area contributed by atoms with Gasteiger partial charge in [-0.2, -0.15) is 5.10 Å². The molecule has 12 heteroatoms. The summed E-state index contributed by atoms with van der Waals surface area (Å²) in [5.74, 6) is 0.863. The molecule has 0 spiro atoms. The highest BCUT2D eigenvalue weighted by Crippen LogP contribution is 2.41. The number of H-pyrrole nitrogens is 1. The number of alkyl carbamates (subject to hydrolysis) is 1. The van der Waals surface area contributed by atoms with Crippen LogP contribution >= 0.6 is 11.3 Å². The Balaban J connectivity index is 1.15. The minimum absolute atomic E-state index is 0.0207. The highest BCUT2D eigenvalue weighted by atomic mass is 32.1. The molecule has 3 N–H and O–H groups in total. The van der Waals surface area contributed by atoms with Crippen LogP contribution in [0.2, 0.25) is 0 Å². The van der Waals surface area contributed by atoms with Crippen molar-refractivity contribution in [1.82, 2.24) is 20.5 Å². The fourth-order valence-corrected chi connectivity index (χ4v) is 6.57. The largest absolute Gasteiger partial charge is 0.488 e. The van der Waals surface area contributed by atoms with Crippen LogP contribution in [0.3, 0.4) is 0 Å². The Kier molecular flexibility index (Phi) is 9.43. The highest BCUT2D eigenvalue weighted by molar-refractivity contribution is 7.15. The molecule has 2 aliphatic rings. The first kappa shape index (κ1) is 30.8. The third kappa shape index (κ3) is 7.35. The van der Waals surface area contributed by atoms with E-state index in [4.69, 9.17) is 23.9 Å². The second kappa shape index (κ2) is 13.8. The molecule has 1 aliphatic carbocycles. The molecule has 4 aromatic rings. The van der Waals surface area contributed by atoms with Crippen LogP contribution in [-0.4, -0.2) is 52.5 Å². The molecule has 2 fully saturated rings. The lowest BCUT2D eigenvalue weighted by Gasteiger charge is -2.18. The molecule has 1 aliphatic heterocycles. The van der Waals surface area contributed by atoms with Crippen molar-refractivity contribution in [3.8, 4) is 16.3 Å². The van der Waals surface area contributed by atoms with E-state index in [9.17, 15) is 9.59 Å². The summed E-state index contributed by atoms with van der Waals surface area (Å²) < 4.78 is 23.6. The fraction of sp³-hybridized carbons (Fsp3) is 0.394. The molecule has 0 bridgehead atoms. The van der Waals surface area contributed by atoms with Gasteiger partial charge in [-0.05, 0) is 51.7 Å². The summed E-state index contributed by atoms with van der Waals surface area (Å²) in [6, 6.07) is 17.6. The number of ether oxygens (including phenoxy) is 4. The van der Waals surface area contributed by atoms with Crippen molar-refractivity contribution in [3.05, 3.63) is 82.0 Å². The second-order valence-corrected chi connectivity index (χ2v) is 12.7. The molecule has 2 aromatic carbocycles. The summed E-state index contributed by atoms with van der Waals surface area (Å²) in [5, 5.41) is 13.7. The van der Waals surface area contributed by atoms with Crippen molar-refractivity contribution < 1.29 is 28.5 Å². The molecule has 45 heavy (non-hydrogen) atoms. The van der Waals surface area contributed by atoms with Crippen molar-refractivity contribution in [2.24, 2.45) is 0 Å². The van der Waals surface area contributed by atoms with Crippen LogP contribution < -0.4 is 15.4 Å². The lowest BCUT2D eigenvalue weighted by molar-refractivity contribution is -0.0454. The number of aromatic nitrogens is 3. The van der Waals surface area contributed by atoms with E-state index in [1.807, 2.05) is 75.4 Å². The number of hydrogen-bond donors (Lipinski definition) is 3. The van der Waals surface area contributed by atoms with Gasteiger partial charge >= 0.3 is 6.09 Å². The molecule has 2 aromatic heterocycles. The molecule has 2 unspecified atom stereocenters. The fourth-order valence-electron chi connectivity index (χ4n) is 5.62. The van der Waals surface area contributed by atoms with Crippen molar-refractivity contribution in [3.63, 3.8) is 0 Å². The Morgan fingerprint density at radius 2 is 1.89 bits per heavy atom. The summed E-state index contributed by atoms with van der Waals surface area (Å²) in [6.45, 7) is 7.02. The summed E-state index contributed by atoms with van der Waals surface area (Å²) >= 11 is 1.42. The van der Waals surface area contributed by atoms with Crippen LogP contribution in [0.4, 0.5) is 10.6 Å².